The molecule has 0 aliphatic heterocycles. The summed E-state index contributed by atoms with van der Waals surface area (Å²) >= 11 is 0. The summed E-state index contributed by atoms with van der Waals surface area (Å²) in [6.45, 7) is 3.19. The molecule has 1 atom stereocenters. The second-order valence-electron chi connectivity index (χ2n) is 6.13. The smallest absolute Gasteiger partial charge is 0.317 e. The van der Waals surface area contributed by atoms with Crippen molar-refractivity contribution in [3.8, 4) is 0 Å². The summed E-state index contributed by atoms with van der Waals surface area (Å²) in [6.07, 6.45) is 4.35. The number of hydrogen-bond donors (Lipinski definition) is 2. The Bertz CT molecular complexity index is 545. The van der Waals surface area contributed by atoms with E-state index in [1.807, 2.05) is 24.0 Å². The topological polar surface area (TPSA) is 69.6 Å². The van der Waals surface area contributed by atoms with Crippen LogP contribution in [-0.4, -0.2) is 41.5 Å². The molecule has 2 rings (SSSR count). The highest BCUT2D eigenvalue weighted by molar-refractivity contribution is 5.77. The van der Waals surface area contributed by atoms with Crippen molar-refractivity contribution < 1.29 is 14.7 Å². The van der Waals surface area contributed by atoms with E-state index in [1.54, 1.807) is 0 Å². The number of carboxylic acids is 1. The molecular formula is C18H26N2O3. The van der Waals surface area contributed by atoms with Gasteiger partial charge in [0.25, 0.3) is 0 Å². The van der Waals surface area contributed by atoms with Gasteiger partial charge < -0.3 is 10.4 Å². The van der Waals surface area contributed by atoms with E-state index >= 15 is 0 Å². The van der Waals surface area contributed by atoms with Gasteiger partial charge in [-0.1, -0.05) is 31.2 Å². The maximum absolute atomic E-state index is 12.2. The molecule has 0 aromatic heterocycles. The Morgan fingerprint density at radius 1 is 1.30 bits per heavy atom. The zero-order valence-electron chi connectivity index (χ0n) is 13.8. The summed E-state index contributed by atoms with van der Waals surface area (Å²) in [7, 11) is 0. The van der Waals surface area contributed by atoms with Crippen molar-refractivity contribution in [3.05, 3.63) is 35.4 Å². The van der Waals surface area contributed by atoms with Crippen molar-refractivity contribution in [2.75, 3.05) is 19.6 Å². The van der Waals surface area contributed by atoms with Gasteiger partial charge in [0, 0.05) is 13.0 Å². The van der Waals surface area contributed by atoms with Crippen LogP contribution in [0.1, 0.15) is 49.8 Å². The Morgan fingerprint density at radius 3 is 2.83 bits per heavy atom. The molecule has 2 N–H and O–H groups in total. The van der Waals surface area contributed by atoms with Gasteiger partial charge in [-0.3, -0.25) is 14.5 Å². The van der Waals surface area contributed by atoms with Crippen LogP contribution in [0.2, 0.25) is 0 Å². The molecule has 0 heterocycles. The van der Waals surface area contributed by atoms with Crippen molar-refractivity contribution in [2.45, 2.75) is 45.1 Å². The van der Waals surface area contributed by atoms with E-state index < -0.39 is 5.97 Å². The molecule has 1 aliphatic rings. The number of carboxylic acid groups (broad SMARTS) is 1. The second kappa shape index (κ2) is 8.67. The van der Waals surface area contributed by atoms with Crippen molar-refractivity contribution in [1.29, 1.82) is 0 Å². The first-order valence-corrected chi connectivity index (χ1v) is 8.41. The highest BCUT2D eigenvalue weighted by Gasteiger charge is 2.21. The number of hydrogen-bond acceptors (Lipinski definition) is 3. The maximum atomic E-state index is 12.2. The SMILES string of the molecule is CCCN(CCC(=O)NC1CCCc2ccccc21)CC(=O)O. The average Bonchev–Trinajstić information content (AvgIpc) is 2.53. The maximum Gasteiger partial charge on any atom is 0.317 e. The number of nitrogens with one attached hydrogen (secondary N) is 1. The molecule has 0 bridgehead atoms. The van der Waals surface area contributed by atoms with Gasteiger partial charge >= 0.3 is 5.97 Å². The van der Waals surface area contributed by atoms with Crippen LogP contribution in [0.15, 0.2) is 24.3 Å². The van der Waals surface area contributed by atoms with Crippen LogP contribution in [0.5, 0.6) is 0 Å². The zero-order valence-corrected chi connectivity index (χ0v) is 13.8. The fraction of sp³-hybridized carbons (Fsp3) is 0.556. The Hall–Kier alpha value is -1.88. The number of aliphatic carboxylic acids is 1. The fourth-order valence-corrected chi connectivity index (χ4v) is 3.21. The van der Waals surface area contributed by atoms with Crippen LogP contribution in [0, 0.1) is 0 Å². The number of rotatable bonds is 8. The molecule has 0 radical (unpaired) electrons. The predicted octanol–water partition coefficient (Wildman–Crippen LogP) is 2.37. The van der Waals surface area contributed by atoms with E-state index in [-0.39, 0.29) is 18.5 Å². The number of amides is 1. The highest BCUT2D eigenvalue weighted by Crippen LogP contribution is 2.29. The molecule has 126 valence electrons. The molecule has 0 saturated heterocycles. The molecular weight excluding hydrogens is 292 g/mol. The van der Waals surface area contributed by atoms with Gasteiger partial charge in [0.05, 0.1) is 12.6 Å². The lowest BCUT2D eigenvalue weighted by Gasteiger charge is -2.27. The second-order valence-corrected chi connectivity index (χ2v) is 6.13. The number of aryl methyl sites for hydroxylation is 1. The molecule has 1 unspecified atom stereocenters. The predicted molar refractivity (Wildman–Crippen MR) is 89.2 cm³/mol. The number of carbonyl (C=O) groups is 2. The minimum atomic E-state index is -0.847. The number of fused-ring (bicyclic) bond motifs is 1. The molecule has 1 amide bonds. The molecule has 1 aliphatic carbocycles. The standard InChI is InChI=1S/C18H26N2O3/c1-2-11-20(13-18(22)23)12-10-17(21)19-16-9-5-7-14-6-3-4-8-15(14)16/h3-4,6,8,16H,2,5,7,9-13H2,1H3,(H,19,21)(H,22,23). The largest absolute Gasteiger partial charge is 0.480 e. The summed E-state index contributed by atoms with van der Waals surface area (Å²) in [6, 6.07) is 8.36. The van der Waals surface area contributed by atoms with E-state index in [1.165, 1.54) is 11.1 Å². The number of benzene rings is 1. The molecule has 0 fully saturated rings. The van der Waals surface area contributed by atoms with Gasteiger partial charge in [0.15, 0.2) is 0 Å². The number of carbonyl (C=O) groups excluding carboxylic acids is 1. The minimum absolute atomic E-state index is 0.00167. The van der Waals surface area contributed by atoms with Crippen LogP contribution in [0.3, 0.4) is 0 Å². The van der Waals surface area contributed by atoms with Crippen molar-refractivity contribution in [3.63, 3.8) is 0 Å². The molecule has 1 aromatic carbocycles. The molecule has 0 saturated carbocycles. The van der Waals surface area contributed by atoms with Crippen LogP contribution in [0.25, 0.3) is 0 Å². The third-order valence-electron chi connectivity index (χ3n) is 4.26. The van der Waals surface area contributed by atoms with E-state index in [2.05, 4.69) is 17.4 Å². The summed E-state index contributed by atoms with van der Waals surface area (Å²) in [4.78, 5) is 24.9. The lowest BCUT2D eigenvalue weighted by Crippen LogP contribution is -2.36. The summed E-state index contributed by atoms with van der Waals surface area (Å²) in [5.74, 6) is -0.849. The third kappa shape index (κ3) is 5.36. The quantitative estimate of drug-likeness (QED) is 0.772. The van der Waals surface area contributed by atoms with Gasteiger partial charge in [-0.2, -0.15) is 0 Å². The van der Waals surface area contributed by atoms with E-state index in [4.69, 9.17) is 5.11 Å². The van der Waals surface area contributed by atoms with Gasteiger partial charge in [0.2, 0.25) is 5.91 Å². The molecule has 23 heavy (non-hydrogen) atoms. The van der Waals surface area contributed by atoms with Crippen molar-refractivity contribution in [2.24, 2.45) is 0 Å². The van der Waals surface area contributed by atoms with Crippen LogP contribution < -0.4 is 5.32 Å². The Balaban J connectivity index is 1.86. The molecule has 0 spiro atoms. The van der Waals surface area contributed by atoms with Crippen molar-refractivity contribution >= 4 is 11.9 Å². The molecule has 5 nitrogen and oxygen atoms in total. The van der Waals surface area contributed by atoms with E-state index in [9.17, 15) is 9.59 Å². The highest BCUT2D eigenvalue weighted by atomic mass is 16.4. The summed E-state index contributed by atoms with van der Waals surface area (Å²) in [5, 5.41) is 12.0. The monoisotopic (exact) mass is 318 g/mol. The van der Waals surface area contributed by atoms with Gasteiger partial charge in [-0.05, 0) is 43.4 Å². The first-order chi connectivity index (χ1) is 11.1. The Morgan fingerprint density at radius 2 is 2.09 bits per heavy atom. The first-order valence-electron chi connectivity index (χ1n) is 8.41. The lowest BCUT2D eigenvalue weighted by molar-refractivity contribution is -0.138. The van der Waals surface area contributed by atoms with E-state index in [0.717, 1.165) is 25.7 Å². The van der Waals surface area contributed by atoms with Crippen LogP contribution in [-0.2, 0) is 16.0 Å². The minimum Gasteiger partial charge on any atom is -0.480 e. The molecule has 5 heteroatoms. The van der Waals surface area contributed by atoms with Gasteiger partial charge in [0.1, 0.15) is 0 Å². The Kier molecular flexibility index (Phi) is 6.59. The normalized spacial score (nSPS) is 16.9. The van der Waals surface area contributed by atoms with Gasteiger partial charge in [-0.25, -0.2) is 0 Å². The first kappa shape index (κ1) is 17.5. The summed E-state index contributed by atoms with van der Waals surface area (Å²) in [5.41, 5.74) is 2.55. The fourth-order valence-electron chi connectivity index (χ4n) is 3.21. The average molecular weight is 318 g/mol. The third-order valence-corrected chi connectivity index (χ3v) is 4.26. The van der Waals surface area contributed by atoms with Gasteiger partial charge in [-0.15, -0.1) is 0 Å². The van der Waals surface area contributed by atoms with E-state index in [0.29, 0.717) is 19.5 Å². The van der Waals surface area contributed by atoms with Crippen LogP contribution in [0.4, 0.5) is 0 Å². The summed E-state index contributed by atoms with van der Waals surface area (Å²) < 4.78 is 0. The Labute approximate surface area is 137 Å². The van der Waals surface area contributed by atoms with Crippen molar-refractivity contribution in [1.82, 2.24) is 10.2 Å². The van der Waals surface area contributed by atoms with Crippen LogP contribution >= 0.6 is 0 Å². The lowest BCUT2D eigenvalue weighted by atomic mass is 9.87. The zero-order chi connectivity index (χ0) is 16.7. The molecule has 1 aromatic rings. The number of nitrogens with zero attached hydrogens (tertiary/aromatic N) is 1.